The first-order valence-electron chi connectivity index (χ1n) is 3.88. The minimum Gasteiger partial charge on any atom is -0.425 e. The molecule has 0 aliphatic carbocycles. The highest BCUT2D eigenvalue weighted by Crippen LogP contribution is 2.17. The molecule has 0 atom stereocenters. The number of carbonyl (C=O) groups is 1. The van der Waals surface area contributed by atoms with Gasteiger partial charge in [-0.05, 0) is 13.0 Å². The van der Waals surface area contributed by atoms with Crippen molar-refractivity contribution in [3.05, 3.63) is 23.5 Å². The maximum atomic E-state index is 10.6. The lowest BCUT2D eigenvalue weighted by Crippen LogP contribution is -2.05. The van der Waals surface area contributed by atoms with Gasteiger partial charge in [0, 0.05) is 18.2 Å². The highest BCUT2D eigenvalue weighted by molar-refractivity contribution is 5.69. The summed E-state index contributed by atoms with van der Waals surface area (Å²) in [6.07, 6.45) is 1.43. The maximum Gasteiger partial charge on any atom is 0.308 e. The third-order valence-electron chi connectivity index (χ3n) is 1.51. The Morgan fingerprint density at radius 1 is 1.69 bits per heavy atom. The Morgan fingerprint density at radius 3 is 2.92 bits per heavy atom. The number of esters is 1. The summed E-state index contributed by atoms with van der Waals surface area (Å²) in [5, 5.41) is 8.94. The van der Waals surface area contributed by atoms with E-state index in [4.69, 9.17) is 9.84 Å². The van der Waals surface area contributed by atoms with Crippen LogP contribution in [0.3, 0.4) is 0 Å². The van der Waals surface area contributed by atoms with E-state index >= 15 is 0 Å². The van der Waals surface area contributed by atoms with Crippen LogP contribution in [0, 0.1) is 6.92 Å². The van der Waals surface area contributed by atoms with E-state index in [9.17, 15) is 4.79 Å². The van der Waals surface area contributed by atoms with Crippen molar-refractivity contribution in [2.24, 2.45) is 0 Å². The monoisotopic (exact) mass is 181 g/mol. The summed E-state index contributed by atoms with van der Waals surface area (Å²) in [6.45, 7) is 2.95. The summed E-state index contributed by atoms with van der Waals surface area (Å²) >= 11 is 0. The van der Waals surface area contributed by atoms with Gasteiger partial charge in [0.05, 0.1) is 12.8 Å². The second kappa shape index (κ2) is 4.00. The molecule has 0 amide bonds. The second-order valence-electron chi connectivity index (χ2n) is 2.69. The van der Waals surface area contributed by atoms with Crippen LogP contribution in [-0.4, -0.2) is 16.1 Å². The third-order valence-corrected chi connectivity index (χ3v) is 1.51. The van der Waals surface area contributed by atoms with E-state index in [1.165, 1.54) is 13.1 Å². The normalized spacial score (nSPS) is 9.77. The lowest BCUT2D eigenvalue weighted by molar-refractivity contribution is -0.131. The smallest absolute Gasteiger partial charge is 0.308 e. The molecule has 0 spiro atoms. The van der Waals surface area contributed by atoms with Crippen molar-refractivity contribution in [2.75, 3.05) is 0 Å². The van der Waals surface area contributed by atoms with Crippen LogP contribution in [0.1, 0.15) is 18.2 Å². The summed E-state index contributed by atoms with van der Waals surface area (Å²) < 4.78 is 4.83. The van der Waals surface area contributed by atoms with E-state index < -0.39 is 5.97 Å². The average molecular weight is 181 g/mol. The number of nitrogens with zero attached hydrogens (tertiary/aromatic N) is 1. The van der Waals surface area contributed by atoms with E-state index in [0.29, 0.717) is 11.3 Å². The molecule has 0 aliphatic rings. The predicted octanol–water partition coefficient (Wildman–Crippen LogP) is 0.808. The molecule has 4 nitrogen and oxygen atoms in total. The van der Waals surface area contributed by atoms with Crippen LogP contribution in [0.4, 0.5) is 0 Å². The molecular weight excluding hydrogens is 170 g/mol. The number of hydrogen-bond donors (Lipinski definition) is 1. The largest absolute Gasteiger partial charge is 0.425 e. The highest BCUT2D eigenvalue weighted by atomic mass is 16.5. The van der Waals surface area contributed by atoms with Crippen LogP contribution in [0.25, 0.3) is 0 Å². The van der Waals surface area contributed by atoms with Gasteiger partial charge in [0.15, 0.2) is 5.75 Å². The summed E-state index contributed by atoms with van der Waals surface area (Å²) in [5.41, 5.74) is 1.35. The van der Waals surface area contributed by atoms with Gasteiger partial charge in [0.2, 0.25) is 0 Å². The Kier molecular flexibility index (Phi) is 2.97. The fraction of sp³-hybridized carbons (Fsp3) is 0.333. The second-order valence-corrected chi connectivity index (χ2v) is 2.69. The lowest BCUT2D eigenvalue weighted by atomic mass is 10.2. The number of aryl methyl sites for hydroxylation is 1. The van der Waals surface area contributed by atoms with Gasteiger partial charge in [-0.2, -0.15) is 0 Å². The number of ether oxygens (including phenoxy) is 1. The summed E-state index contributed by atoms with van der Waals surface area (Å²) in [6, 6.07) is 1.68. The van der Waals surface area contributed by atoms with E-state index in [2.05, 4.69) is 4.98 Å². The molecule has 13 heavy (non-hydrogen) atoms. The van der Waals surface area contributed by atoms with Gasteiger partial charge in [-0.1, -0.05) is 0 Å². The van der Waals surface area contributed by atoms with Gasteiger partial charge in [-0.3, -0.25) is 9.78 Å². The molecule has 0 fully saturated rings. The molecule has 1 aromatic rings. The summed E-state index contributed by atoms with van der Waals surface area (Å²) in [7, 11) is 0. The van der Waals surface area contributed by atoms with Crippen LogP contribution >= 0.6 is 0 Å². The van der Waals surface area contributed by atoms with Crippen LogP contribution < -0.4 is 4.74 Å². The third kappa shape index (κ3) is 2.52. The first-order chi connectivity index (χ1) is 6.13. The van der Waals surface area contributed by atoms with Crippen molar-refractivity contribution in [1.82, 2.24) is 4.98 Å². The van der Waals surface area contributed by atoms with Gasteiger partial charge < -0.3 is 9.84 Å². The van der Waals surface area contributed by atoms with E-state index in [-0.39, 0.29) is 6.61 Å². The van der Waals surface area contributed by atoms with Gasteiger partial charge >= 0.3 is 5.97 Å². The van der Waals surface area contributed by atoms with Crippen molar-refractivity contribution >= 4 is 5.97 Å². The zero-order valence-corrected chi connectivity index (χ0v) is 7.57. The lowest BCUT2D eigenvalue weighted by Gasteiger charge is -2.06. The van der Waals surface area contributed by atoms with Gasteiger partial charge in [-0.15, -0.1) is 0 Å². The maximum absolute atomic E-state index is 10.6. The van der Waals surface area contributed by atoms with Crippen molar-refractivity contribution in [1.29, 1.82) is 0 Å². The fourth-order valence-corrected chi connectivity index (χ4v) is 0.974. The number of carbonyl (C=O) groups excluding carboxylic acids is 1. The molecule has 0 aromatic carbocycles. The Morgan fingerprint density at radius 2 is 2.38 bits per heavy atom. The molecule has 1 rings (SSSR count). The van der Waals surface area contributed by atoms with Crippen LogP contribution in [0.2, 0.25) is 0 Å². The number of rotatable bonds is 2. The Hall–Kier alpha value is -1.42. The molecule has 1 N–H and O–H groups in total. The topological polar surface area (TPSA) is 59.4 Å². The number of pyridine rings is 1. The van der Waals surface area contributed by atoms with Crippen molar-refractivity contribution in [2.45, 2.75) is 20.5 Å². The molecule has 1 aromatic heterocycles. The van der Waals surface area contributed by atoms with Crippen molar-refractivity contribution in [3.8, 4) is 5.75 Å². The number of aliphatic hydroxyl groups excluding tert-OH is 1. The Labute approximate surface area is 76.2 Å². The SMILES string of the molecule is CC(=O)Oc1cnc(C)cc1CO. The van der Waals surface area contributed by atoms with Crippen LogP contribution in [0.5, 0.6) is 5.75 Å². The predicted molar refractivity (Wildman–Crippen MR) is 46.2 cm³/mol. The van der Waals surface area contributed by atoms with Gasteiger partial charge in [-0.25, -0.2) is 0 Å². The summed E-state index contributed by atoms with van der Waals surface area (Å²) in [5.74, 6) is -0.0963. The molecule has 1 heterocycles. The molecule has 0 aliphatic heterocycles. The quantitative estimate of drug-likeness (QED) is 0.686. The molecule has 0 unspecified atom stereocenters. The molecule has 0 bridgehead atoms. The van der Waals surface area contributed by atoms with E-state index in [0.717, 1.165) is 5.69 Å². The zero-order chi connectivity index (χ0) is 9.84. The zero-order valence-electron chi connectivity index (χ0n) is 7.57. The standard InChI is InChI=1S/C9H11NO3/c1-6-3-8(5-11)9(4-10-6)13-7(2)12/h3-4,11H,5H2,1-2H3. The minimum atomic E-state index is -0.416. The molecule has 0 saturated heterocycles. The molecule has 0 radical (unpaired) electrons. The Balaban J connectivity index is 2.99. The Bertz CT molecular complexity index is 323. The van der Waals surface area contributed by atoms with E-state index in [1.807, 2.05) is 0 Å². The average Bonchev–Trinajstić information content (AvgIpc) is 2.07. The molecule has 4 heteroatoms. The first-order valence-corrected chi connectivity index (χ1v) is 3.88. The first kappa shape index (κ1) is 9.67. The van der Waals surface area contributed by atoms with Gasteiger partial charge in [0.1, 0.15) is 0 Å². The molecular formula is C9H11NO3. The molecule has 70 valence electrons. The van der Waals surface area contributed by atoms with Crippen LogP contribution in [-0.2, 0) is 11.4 Å². The number of hydrogen-bond acceptors (Lipinski definition) is 4. The van der Waals surface area contributed by atoms with Crippen LogP contribution in [0.15, 0.2) is 12.3 Å². The van der Waals surface area contributed by atoms with Gasteiger partial charge in [0.25, 0.3) is 0 Å². The highest BCUT2D eigenvalue weighted by Gasteiger charge is 2.05. The number of aromatic nitrogens is 1. The minimum absolute atomic E-state index is 0.161. The van der Waals surface area contributed by atoms with Crippen molar-refractivity contribution < 1.29 is 14.6 Å². The molecule has 0 saturated carbocycles. The number of aliphatic hydroxyl groups is 1. The van der Waals surface area contributed by atoms with Crippen molar-refractivity contribution in [3.63, 3.8) is 0 Å². The van der Waals surface area contributed by atoms with E-state index in [1.54, 1.807) is 13.0 Å². The summed E-state index contributed by atoms with van der Waals surface area (Å²) in [4.78, 5) is 14.6. The fourth-order valence-electron chi connectivity index (χ4n) is 0.974.